The van der Waals surface area contributed by atoms with Crippen molar-refractivity contribution in [3.8, 4) is 0 Å². The molecular weight excluding hydrogens is 272 g/mol. The molecule has 0 bridgehead atoms. The van der Waals surface area contributed by atoms with Crippen molar-refractivity contribution in [2.24, 2.45) is 0 Å². The maximum Gasteiger partial charge on any atom is 0.410 e. The number of amides is 1. The Labute approximate surface area is 126 Å². The first-order chi connectivity index (χ1) is 9.42. The maximum atomic E-state index is 11.9. The minimum absolute atomic E-state index is 0. The number of rotatable bonds is 2. The Morgan fingerprint density at radius 2 is 2.05 bits per heavy atom. The molecule has 1 saturated heterocycles. The summed E-state index contributed by atoms with van der Waals surface area (Å²) in [6.07, 6.45) is 2.61. The van der Waals surface area contributed by atoms with Gasteiger partial charge < -0.3 is 9.84 Å². The third-order valence-electron chi connectivity index (χ3n) is 2.82. The van der Waals surface area contributed by atoms with Crippen LogP contribution in [0.2, 0.25) is 0 Å². The van der Waals surface area contributed by atoms with Gasteiger partial charge in [0.2, 0.25) is 0 Å². The average molecular weight is 300 g/mol. The SMILES string of the molecule is C.CC.CC(C)(C)OC(=O)N1CC(n2cncn2)C1CO. The van der Waals surface area contributed by atoms with Crippen LogP contribution in [0.5, 0.6) is 0 Å². The van der Waals surface area contributed by atoms with E-state index in [-0.39, 0.29) is 26.1 Å². The Balaban J connectivity index is 0.00000128. The topological polar surface area (TPSA) is 80.5 Å². The van der Waals surface area contributed by atoms with Crippen molar-refractivity contribution in [3.63, 3.8) is 0 Å². The second-order valence-corrected chi connectivity index (χ2v) is 5.33. The molecule has 0 aromatic carbocycles. The summed E-state index contributed by atoms with van der Waals surface area (Å²) in [6.45, 7) is 9.79. The highest BCUT2D eigenvalue weighted by Crippen LogP contribution is 2.29. The Morgan fingerprint density at radius 3 is 2.48 bits per heavy atom. The zero-order chi connectivity index (χ0) is 15.3. The second kappa shape index (κ2) is 7.97. The molecule has 0 radical (unpaired) electrons. The van der Waals surface area contributed by atoms with Crippen molar-refractivity contribution in [1.82, 2.24) is 19.7 Å². The molecule has 0 spiro atoms. The van der Waals surface area contributed by atoms with Gasteiger partial charge in [-0.15, -0.1) is 0 Å². The second-order valence-electron chi connectivity index (χ2n) is 5.33. The van der Waals surface area contributed by atoms with E-state index in [0.717, 1.165) is 0 Å². The molecule has 1 N–H and O–H groups in total. The summed E-state index contributed by atoms with van der Waals surface area (Å²) >= 11 is 0. The summed E-state index contributed by atoms with van der Waals surface area (Å²) in [5, 5.41) is 13.4. The van der Waals surface area contributed by atoms with Crippen LogP contribution in [-0.4, -0.2) is 55.7 Å². The van der Waals surface area contributed by atoms with Crippen molar-refractivity contribution in [3.05, 3.63) is 12.7 Å². The number of ether oxygens (including phenoxy) is 1. The Kier molecular flexibility index (Phi) is 7.35. The van der Waals surface area contributed by atoms with Gasteiger partial charge in [-0.3, -0.25) is 4.90 Å². The molecule has 2 atom stereocenters. The lowest BCUT2D eigenvalue weighted by Crippen LogP contribution is -2.61. The van der Waals surface area contributed by atoms with E-state index in [1.807, 2.05) is 34.6 Å². The molecule has 7 nitrogen and oxygen atoms in total. The van der Waals surface area contributed by atoms with Gasteiger partial charge in [0, 0.05) is 6.54 Å². The van der Waals surface area contributed by atoms with Crippen LogP contribution in [0.15, 0.2) is 12.7 Å². The van der Waals surface area contributed by atoms with E-state index in [0.29, 0.717) is 6.54 Å². The highest BCUT2D eigenvalue weighted by molar-refractivity contribution is 5.70. The number of carbonyl (C=O) groups excluding carboxylic acids is 1. The summed E-state index contributed by atoms with van der Waals surface area (Å²) in [6, 6.07) is -0.341. The van der Waals surface area contributed by atoms with Crippen molar-refractivity contribution >= 4 is 6.09 Å². The lowest BCUT2D eigenvalue weighted by molar-refractivity contribution is -0.0439. The molecule has 2 rings (SSSR count). The fourth-order valence-corrected chi connectivity index (χ4v) is 1.93. The number of carbonyl (C=O) groups is 1. The van der Waals surface area contributed by atoms with Crippen LogP contribution in [0.3, 0.4) is 0 Å². The van der Waals surface area contributed by atoms with Gasteiger partial charge >= 0.3 is 6.09 Å². The quantitative estimate of drug-likeness (QED) is 0.904. The first-order valence-corrected chi connectivity index (χ1v) is 6.87. The van der Waals surface area contributed by atoms with Crippen LogP contribution in [0.1, 0.15) is 48.1 Å². The summed E-state index contributed by atoms with van der Waals surface area (Å²) in [5.74, 6) is 0. The molecule has 1 amide bonds. The van der Waals surface area contributed by atoms with Gasteiger partial charge in [0.05, 0.1) is 18.7 Å². The number of aromatic nitrogens is 3. The third kappa shape index (κ3) is 4.70. The van der Waals surface area contributed by atoms with Crippen LogP contribution >= 0.6 is 0 Å². The fourth-order valence-electron chi connectivity index (χ4n) is 1.93. The number of hydrogen-bond acceptors (Lipinski definition) is 5. The van der Waals surface area contributed by atoms with Crippen molar-refractivity contribution in [2.75, 3.05) is 13.2 Å². The molecule has 1 aromatic heterocycles. The molecule has 1 aliphatic heterocycles. The van der Waals surface area contributed by atoms with Crippen LogP contribution in [-0.2, 0) is 4.74 Å². The molecule has 1 fully saturated rings. The number of aliphatic hydroxyl groups is 1. The lowest BCUT2D eigenvalue weighted by Gasteiger charge is -2.46. The number of aliphatic hydroxyl groups excluding tert-OH is 1. The van der Waals surface area contributed by atoms with E-state index in [1.165, 1.54) is 11.2 Å². The summed E-state index contributed by atoms with van der Waals surface area (Å²) in [7, 11) is 0. The van der Waals surface area contributed by atoms with E-state index in [1.54, 1.807) is 11.0 Å². The predicted molar refractivity (Wildman–Crippen MR) is 81.0 cm³/mol. The zero-order valence-electron chi connectivity index (χ0n) is 12.8. The lowest BCUT2D eigenvalue weighted by atomic mass is 9.98. The molecule has 21 heavy (non-hydrogen) atoms. The van der Waals surface area contributed by atoms with Gasteiger partial charge in [-0.05, 0) is 20.8 Å². The van der Waals surface area contributed by atoms with Crippen LogP contribution in [0.25, 0.3) is 0 Å². The number of hydrogen-bond donors (Lipinski definition) is 1. The van der Waals surface area contributed by atoms with E-state index in [2.05, 4.69) is 10.1 Å². The van der Waals surface area contributed by atoms with Crippen molar-refractivity contribution < 1.29 is 14.6 Å². The Bertz CT molecular complexity index is 414. The van der Waals surface area contributed by atoms with Crippen molar-refractivity contribution in [2.45, 2.75) is 59.7 Å². The van der Waals surface area contributed by atoms with Gasteiger partial charge in [0.1, 0.15) is 18.3 Å². The summed E-state index contributed by atoms with van der Waals surface area (Å²) < 4.78 is 6.92. The third-order valence-corrected chi connectivity index (χ3v) is 2.82. The first kappa shape index (κ1) is 19.4. The zero-order valence-corrected chi connectivity index (χ0v) is 12.8. The summed E-state index contributed by atoms with van der Waals surface area (Å²) in [5.41, 5.74) is -0.532. The van der Waals surface area contributed by atoms with Gasteiger partial charge in [-0.2, -0.15) is 5.10 Å². The molecule has 0 saturated carbocycles. The van der Waals surface area contributed by atoms with Gasteiger partial charge in [-0.1, -0.05) is 21.3 Å². The van der Waals surface area contributed by atoms with Crippen LogP contribution in [0.4, 0.5) is 4.79 Å². The van der Waals surface area contributed by atoms with Crippen LogP contribution in [0, 0.1) is 0 Å². The Morgan fingerprint density at radius 1 is 1.43 bits per heavy atom. The molecule has 1 aliphatic rings. The average Bonchev–Trinajstić information content (AvgIpc) is 2.82. The van der Waals surface area contributed by atoms with Gasteiger partial charge in [0.15, 0.2) is 0 Å². The molecule has 7 heteroatoms. The smallest absolute Gasteiger partial charge is 0.410 e. The summed E-state index contributed by atoms with van der Waals surface area (Å²) in [4.78, 5) is 17.2. The molecular formula is C14H28N4O3. The van der Waals surface area contributed by atoms with E-state index < -0.39 is 11.7 Å². The van der Waals surface area contributed by atoms with E-state index in [4.69, 9.17) is 4.74 Å². The molecule has 0 aliphatic carbocycles. The highest BCUT2D eigenvalue weighted by Gasteiger charge is 2.44. The largest absolute Gasteiger partial charge is 0.444 e. The van der Waals surface area contributed by atoms with E-state index in [9.17, 15) is 9.90 Å². The Hall–Kier alpha value is -1.63. The normalized spacial score (nSPS) is 20.6. The highest BCUT2D eigenvalue weighted by atomic mass is 16.6. The number of likely N-dealkylation sites (tertiary alicyclic amines) is 1. The standard InChI is InChI=1S/C11H18N4O3.C2H6.CH4/c1-11(2,3)18-10(17)14-4-8(9(14)5-16)15-7-12-6-13-15;1-2;/h6-9,16H,4-5H2,1-3H3;1-2H3;1H4. The first-order valence-electron chi connectivity index (χ1n) is 6.87. The van der Waals surface area contributed by atoms with Crippen LogP contribution < -0.4 is 0 Å². The molecule has 122 valence electrons. The van der Waals surface area contributed by atoms with Gasteiger partial charge in [-0.25, -0.2) is 14.5 Å². The number of nitrogens with zero attached hydrogens (tertiary/aromatic N) is 4. The van der Waals surface area contributed by atoms with Crippen molar-refractivity contribution in [1.29, 1.82) is 0 Å². The predicted octanol–water partition coefficient (Wildman–Crippen LogP) is 2.09. The monoisotopic (exact) mass is 300 g/mol. The fraction of sp³-hybridized carbons (Fsp3) is 0.786. The molecule has 2 heterocycles. The molecule has 1 aromatic rings. The maximum absolute atomic E-state index is 11.9. The molecule has 2 unspecified atom stereocenters. The minimum atomic E-state index is -0.532. The van der Waals surface area contributed by atoms with Gasteiger partial charge in [0.25, 0.3) is 0 Å². The minimum Gasteiger partial charge on any atom is -0.444 e. The van der Waals surface area contributed by atoms with E-state index >= 15 is 0 Å².